The molecule has 5 nitrogen and oxygen atoms in total. The zero-order valence-electron chi connectivity index (χ0n) is 13.8. The minimum absolute atomic E-state index is 0.321. The minimum Gasteiger partial charge on any atom is -0.497 e. The lowest BCUT2D eigenvalue weighted by atomic mass is 10.0. The molecule has 1 atom stereocenters. The van der Waals surface area contributed by atoms with Crippen molar-refractivity contribution in [3.8, 4) is 5.75 Å². The fourth-order valence-corrected chi connectivity index (χ4v) is 3.14. The third-order valence-electron chi connectivity index (χ3n) is 4.42. The first-order valence-electron chi connectivity index (χ1n) is 8.16. The maximum atomic E-state index is 5.39. The molecule has 0 bridgehead atoms. The first-order valence-corrected chi connectivity index (χ1v) is 8.16. The summed E-state index contributed by atoms with van der Waals surface area (Å²) < 4.78 is 5.39. The van der Waals surface area contributed by atoms with Crippen LogP contribution in [0.2, 0.25) is 0 Å². The Balaban J connectivity index is 1.79. The van der Waals surface area contributed by atoms with Crippen molar-refractivity contribution in [1.29, 1.82) is 0 Å². The van der Waals surface area contributed by atoms with Crippen molar-refractivity contribution in [2.24, 2.45) is 0 Å². The van der Waals surface area contributed by atoms with Crippen LogP contribution in [-0.4, -0.2) is 41.6 Å². The van der Waals surface area contributed by atoms with Crippen molar-refractivity contribution >= 4 is 5.82 Å². The largest absolute Gasteiger partial charge is 0.497 e. The SMILES string of the molecule is COc1cccc(C(CNc2ncncc2C)N2CCCC2)c1. The molecule has 1 N–H and O–H groups in total. The highest BCUT2D eigenvalue weighted by Gasteiger charge is 2.24. The van der Waals surface area contributed by atoms with E-state index < -0.39 is 0 Å². The molecule has 3 rings (SSSR count). The van der Waals surface area contributed by atoms with Gasteiger partial charge >= 0.3 is 0 Å². The number of methoxy groups -OCH3 is 1. The van der Waals surface area contributed by atoms with Gasteiger partial charge in [-0.15, -0.1) is 0 Å². The van der Waals surface area contributed by atoms with E-state index in [9.17, 15) is 0 Å². The molecule has 1 aromatic heterocycles. The Morgan fingerprint density at radius 3 is 2.87 bits per heavy atom. The van der Waals surface area contributed by atoms with Gasteiger partial charge in [0.25, 0.3) is 0 Å². The van der Waals surface area contributed by atoms with Crippen LogP contribution >= 0.6 is 0 Å². The number of anilines is 1. The van der Waals surface area contributed by atoms with Crippen LogP contribution in [-0.2, 0) is 0 Å². The van der Waals surface area contributed by atoms with Crippen molar-refractivity contribution in [2.45, 2.75) is 25.8 Å². The van der Waals surface area contributed by atoms with Gasteiger partial charge < -0.3 is 10.1 Å². The summed E-state index contributed by atoms with van der Waals surface area (Å²) in [5.41, 5.74) is 2.35. The van der Waals surface area contributed by atoms with Crippen LogP contribution in [0.4, 0.5) is 5.82 Å². The third kappa shape index (κ3) is 3.79. The van der Waals surface area contributed by atoms with Gasteiger partial charge in [0.05, 0.1) is 13.2 Å². The second kappa shape index (κ2) is 7.42. The monoisotopic (exact) mass is 312 g/mol. The second-order valence-electron chi connectivity index (χ2n) is 5.97. The molecule has 1 aromatic carbocycles. The molecule has 23 heavy (non-hydrogen) atoms. The summed E-state index contributed by atoms with van der Waals surface area (Å²) in [5.74, 6) is 1.82. The number of aromatic nitrogens is 2. The second-order valence-corrected chi connectivity index (χ2v) is 5.97. The van der Waals surface area contributed by atoms with Crippen molar-refractivity contribution in [1.82, 2.24) is 14.9 Å². The molecule has 1 fully saturated rings. The molecular formula is C18H24N4O. The standard InChI is InChI=1S/C18H24N4O/c1-14-11-19-13-21-18(14)20-12-17(22-8-3-4-9-22)15-6-5-7-16(10-15)23-2/h5-7,10-11,13,17H,3-4,8-9,12H2,1-2H3,(H,19,20,21). The average molecular weight is 312 g/mol. The number of hydrogen-bond donors (Lipinski definition) is 1. The van der Waals surface area contributed by atoms with E-state index in [1.807, 2.05) is 19.2 Å². The van der Waals surface area contributed by atoms with Crippen LogP contribution < -0.4 is 10.1 Å². The Kier molecular flexibility index (Phi) is 5.08. The minimum atomic E-state index is 0.321. The number of hydrogen-bond acceptors (Lipinski definition) is 5. The van der Waals surface area contributed by atoms with Gasteiger partial charge in [0.2, 0.25) is 0 Å². The van der Waals surface area contributed by atoms with Crippen molar-refractivity contribution in [3.63, 3.8) is 0 Å². The van der Waals surface area contributed by atoms with Crippen LogP contribution in [0.1, 0.15) is 30.0 Å². The molecule has 2 heterocycles. The molecule has 122 valence electrons. The van der Waals surface area contributed by atoms with E-state index in [0.717, 1.165) is 36.8 Å². The van der Waals surface area contributed by atoms with Crippen LogP contribution in [0.5, 0.6) is 5.75 Å². The van der Waals surface area contributed by atoms with E-state index in [-0.39, 0.29) is 0 Å². The molecule has 1 aliphatic rings. The number of aryl methyl sites for hydroxylation is 1. The first kappa shape index (κ1) is 15.7. The molecule has 1 aliphatic heterocycles. The fourth-order valence-electron chi connectivity index (χ4n) is 3.14. The van der Waals surface area contributed by atoms with Gasteiger partial charge in [0, 0.05) is 18.3 Å². The highest BCUT2D eigenvalue weighted by Crippen LogP contribution is 2.28. The van der Waals surface area contributed by atoms with Gasteiger partial charge in [-0.25, -0.2) is 9.97 Å². The molecule has 0 aliphatic carbocycles. The van der Waals surface area contributed by atoms with Crippen molar-refractivity contribution in [3.05, 3.63) is 47.9 Å². The molecule has 1 saturated heterocycles. The summed E-state index contributed by atoms with van der Waals surface area (Å²) in [5, 5.41) is 3.49. The smallest absolute Gasteiger partial charge is 0.132 e. The Morgan fingerprint density at radius 1 is 1.30 bits per heavy atom. The molecule has 2 aromatic rings. The van der Waals surface area contributed by atoms with E-state index in [2.05, 4.69) is 38.4 Å². The molecule has 0 saturated carbocycles. The maximum Gasteiger partial charge on any atom is 0.132 e. The van der Waals surface area contributed by atoms with E-state index in [4.69, 9.17) is 4.74 Å². The number of likely N-dealkylation sites (tertiary alicyclic amines) is 1. The predicted octanol–water partition coefficient (Wildman–Crippen LogP) is 3.04. The lowest BCUT2D eigenvalue weighted by Gasteiger charge is -2.28. The van der Waals surface area contributed by atoms with E-state index in [0.29, 0.717) is 6.04 Å². The lowest BCUT2D eigenvalue weighted by molar-refractivity contribution is 0.255. The Bertz CT molecular complexity index is 640. The maximum absolute atomic E-state index is 5.39. The highest BCUT2D eigenvalue weighted by atomic mass is 16.5. The quantitative estimate of drug-likeness (QED) is 0.888. The lowest BCUT2D eigenvalue weighted by Crippen LogP contribution is -2.31. The van der Waals surface area contributed by atoms with Gasteiger partial charge in [-0.1, -0.05) is 12.1 Å². The number of rotatable bonds is 6. The molecule has 0 amide bonds. The number of nitrogens with one attached hydrogen (secondary N) is 1. The van der Waals surface area contributed by atoms with Crippen LogP contribution in [0.15, 0.2) is 36.8 Å². The normalized spacial score (nSPS) is 16.3. The van der Waals surface area contributed by atoms with Crippen molar-refractivity contribution in [2.75, 3.05) is 32.1 Å². The van der Waals surface area contributed by atoms with Gasteiger partial charge in [-0.2, -0.15) is 0 Å². The van der Waals surface area contributed by atoms with Gasteiger partial charge in [-0.3, -0.25) is 4.90 Å². The molecule has 0 radical (unpaired) electrons. The van der Waals surface area contributed by atoms with Crippen LogP contribution in [0.3, 0.4) is 0 Å². The van der Waals surface area contributed by atoms with E-state index in [1.54, 1.807) is 13.4 Å². The van der Waals surface area contributed by atoms with E-state index >= 15 is 0 Å². The van der Waals surface area contributed by atoms with E-state index in [1.165, 1.54) is 18.4 Å². The number of benzene rings is 1. The summed E-state index contributed by atoms with van der Waals surface area (Å²) in [6, 6.07) is 8.69. The van der Waals surface area contributed by atoms with Gasteiger partial charge in [0.1, 0.15) is 17.9 Å². The van der Waals surface area contributed by atoms with Crippen LogP contribution in [0, 0.1) is 6.92 Å². The molecule has 1 unspecified atom stereocenters. The summed E-state index contributed by atoms with van der Waals surface area (Å²) in [7, 11) is 1.71. The Hall–Kier alpha value is -2.14. The zero-order chi connectivity index (χ0) is 16.1. The average Bonchev–Trinajstić information content (AvgIpc) is 3.11. The van der Waals surface area contributed by atoms with Crippen molar-refractivity contribution < 1.29 is 4.74 Å². The predicted molar refractivity (Wildman–Crippen MR) is 91.8 cm³/mol. The van der Waals surface area contributed by atoms with Crippen LogP contribution in [0.25, 0.3) is 0 Å². The molecular weight excluding hydrogens is 288 g/mol. The summed E-state index contributed by atoms with van der Waals surface area (Å²) >= 11 is 0. The highest BCUT2D eigenvalue weighted by molar-refractivity contribution is 5.42. The van der Waals surface area contributed by atoms with Gasteiger partial charge in [-0.05, 0) is 50.6 Å². The first-order chi connectivity index (χ1) is 11.3. The van der Waals surface area contributed by atoms with Gasteiger partial charge in [0.15, 0.2) is 0 Å². The summed E-state index contributed by atoms with van der Waals surface area (Å²) in [6.07, 6.45) is 5.97. The molecule has 5 heteroatoms. The third-order valence-corrected chi connectivity index (χ3v) is 4.42. The Morgan fingerprint density at radius 2 is 2.13 bits per heavy atom. The topological polar surface area (TPSA) is 50.3 Å². The Labute approximate surface area is 137 Å². The number of ether oxygens (including phenoxy) is 1. The number of nitrogens with zero attached hydrogens (tertiary/aromatic N) is 3. The summed E-state index contributed by atoms with van der Waals surface area (Å²) in [4.78, 5) is 10.9. The molecule has 0 spiro atoms. The fraction of sp³-hybridized carbons (Fsp3) is 0.444. The zero-order valence-corrected chi connectivity index (χ0v) is 13.8. The summed E-state index contributed by atoms with van der Waals surface area (Å²) in [6.45, 7) is 5.14.